The summed E-state index contributed by atoms with van der Waals surface area (Å²) in [6, 6.07) is 5.22. The number of rotatable bonds is 15. The minimum atomic E-state index is -0.00694. The third kappa shape index (κ3) is 10.9. The van der Waals surface area contributed by atoms with Crippen molar-refractivity contribution in [3.8, 4) is 11.5 Å². The molecule has 25 heavy (non-hydrogen) atoms. The highest BCUT2D eigenvalue weighted by Crippen LogP contribution is 2.29. The summed E-state index contributed by atoms with van der Waals surface area (Å²) >= 11 is 0. The lowest BCUT2D eigenvalue weighted by Crippen LogP contribution is -1.87. The number of hydrogen-bond acceptors (Lipinski definition) is 2. The maximum Gasteiger partial charge on any atom is 0.160 e. The second-order valence-electron chi connectivity index (χ2n) is 7.12. The molecule has 0 atom stereocenters. The van der Waals surface area contributed by atoms with E-state index in [4.69, 9.17) is 0 Å². The standard InChI is InChI=1S/C23H38O2/c1-2-3-4-5-6-7-8-9-10-11-12-13-14-15-16-18-21-19-17-20-22(24)23(21)25/h7-8,17,19-20,24-25H,2-6,9-16,18H2,1H3/b8-7-. The predicted octanol–water partition coefficient (Wildman–Crippen LogP) is 7.29. The van der Waals surface area contributed by atoms with E-state index in [9.17, 15) is 10.2 Å². The average molecular weight is 347 g/mol. The molecule has 2 heteroatoms. The van der Waals surface area contributed by atoms with E-state index in [1.165, 1.54) is 83.1 Å². The minimum Gasteiger partial charge on any atom is -0.504 e. The predicted molar refractivity (Wildman–Crippen MR) is 108 cm³/mol. The second-order valence-corrected chi connectivity index (χ2v) is 7.12. The number of aromatic hydroxyl groups is 2. The Hall–Kier alpha value is -1.44. The van der Waals surface area contributed by atoms with Gasteiger partial charge in [0.15, 0.2) is 11.5 Å². The van der Waals surface area contributed by atoms with Crippen molar-refractivity contribution in [3.63, 3.8) is 0 Å². The molecule has 2 N–H and O–H groups in total. The van der Waals surface area contributed by atoms with Gasteiger partial charge >= 0.3 is 0 Å². The molecule has 0 heterocycles. The summed E-state index contributed by atoms with van der Waals surface area (Å²) in [5.41, 5.74) is 0.862. The van der Waals surface area contributed by atoms with Crippen LogP contribution in [0.2, 0.25) is 0 Å². The van der Waals surface area contributed by atoms with Gasteiger partial charge in [0.25, 0.3) is 0 Å². The molecule has 0 saturated carbocycles. The second kappa shape index (κ2) is 14.9. The summed E-state index contributed by atoms with van der Waals surface area (Å²) in [4.78, 5) is 0. The van der Waals surface area contributed by atoms with Crippen molar-refractivity contribution in [1.82, 2.24) is 0 Å². The summed E-state index contributed by atoms with van der Waals surface area (Å²) in [5.74, 6) is 0.0495. The smallest absolute Gasteiger partial charge is 0.160 e. The molecule has 1 aromatic rings. The molecule has 0 fully saturated rings. The first-order chi connectivity index (χ1) is 12.3. The lowest BCUT2D eigenvalue weighted by Gasteiger charge is -2.06. The van der Waals surface area contributed by atoms with Crippen LogP contribution in [0.15, 0.2) is 30.4 Å². The molecule has 1 rings (SSSR count). The zero-order chi connectivity index (χ0) is 18.2. The topological polar surface area (TPSA) is 40.5 Å². The molecule has 0 radical (unpaired) electrons. The van der Waals surface area contributed by atoms with Gasteiger partial charge in [-0.2, -0.15) is 0 Å². The van der Waals surface area contributed by atoms with E-state index >= 15 is 0 Å². The number of unbranched alkanes of at least 4 members (excludes halogenated alkanes) is 11. The van der Waals surface area contributed by atoms with Crippen LogP contribution in [0.3, 0.4) is 0 Å². The van der Waals surface area contributed by atoms with Gasteiger partial charge in [-0.25, -0.2) is 0 Å². The minimum absolute atomic E-state index is 0.00694. The highest BCUT2D eigenvalue weighted by Gasteiger charge is 2.04. The SMILES string of the molecule is CCCCCC/C=C\CCCCCCCCCc1cccc(O)c1O. The first-order valence-electron chi connectivity index (χ1n) is 10.4. The van der Waals surface area contributed by atoms with Crippen LogP contribution in [0.5, 0.6) is 11.5 Å². The molecule has 0 aliphatic heterocycles. The lowest BCUT2D eigenvalue weighted by molar-refractivity contribution is 0.398. The molecule has 0 aromatic heterocycles. The Morgan fingerprint density at radius 2 is 1.28 bits per heavy atom. The van der Waals surface area contributed by atoms with Gasteiger partial charge in [-0.05, 0) is 50.2 Å². The maximum atomic E-state index is 9.76. The molecule has 0 unspecified atom stereocenters. The molecule has 1 aromatic carbocycles. The van der Waals surface area contributed by atoms with E-state index in [0.717, 1.165) is 18.4 Å². The summed E-state index contributed by atoms with van der Waals surface area (Å²) < 4.78 is 0. The Labute approximate surface area is 155 Å². The summed E-state index contributed by atoms with van der Waals surface area (Å²) in [6.07, 6.45) is 22.4. The fraction of sp³-hybridized carbons (Fsp3) is 0.652. The first-order valence-corrected chi connectivity index (χ1v) is 10.4. The van der Waals surface area contributed by atoms with E-state index < -0.39 is 0 Å². The largest absolute Gasteiger partial charge is 0.504 e. The van der Waals surface area contributed by atoms with E-state index in [1.807, 2.05) is 6.07 Å². The molecule has 0 amide bonds. The van der Waals surface area contributed by atoms with Crippen LogP contribution in [-0.4, -0.2) is 10.2 Å². The van der Waals surface area contributed by atoms with Gasteiger partial charge < -0.3 is 10.2 Å². The van der Waals surface area contributed by atoms with Crippen LogP contribution in [0.25, 0.3) is 0 Å². The van der Waals surface area contributed by atoms with Crippen molar-refractivity contribution in [2.75, 3.05) is 0 Å². The van der Waals surface area contributed by atoms with Crippen LogP contribution in [0, 0.1) is 0 Å². The highest BCUT2D eigenvalue weighted by molar-refractivity contribution is 5.44. The van der Waals surface area contributed by atoms with Crippen molar-refractivity contribution >= 4 is 0 Å². The molecule has 0 bridgehead atoms. The number of allylic oxidation sites excluding steroid dienone is 2. The number of para-hydroxylation sites is 1. The number of aryl methyl sites for hydroxylation is 1. The number of benzene rings is 1. The normalized spacial score (nSPS) is 11.4. The zero-order valence-electron chi connectivity index (χ0n) is 16.2. The molecule has 2 nitrogen and oxygen atoms in total. The van der Waals surface area contributed by atoms with Crippen molar-refractivity contribution in [3.05, 3.63) is 35.9 Å². The Balaban J connectivity index is 1.87. The highest BCUT2D eigenvalue weighted by atomic mass is 16.3. The number of phenols is 2. The Morgan fingerprint density at radius 3 is 1.92 bits per heavy atom. The van der Waals surface area contributed by atoms with Crippen LogP contribution in [0.1, 0.15) is 96.0 Å². The van der Waals surface area contributed by atoms with Gasteiger partial charge in [-0.15, -0.1) is 0 Å². The van der Waals surface area contributed by atoms with Crippen LogP contribution in [-0.2, 0) is 6.42 Å². The van der Waals surface area contributed by atoms with Crippen molar-refractivity contribution in [2.24, 2.45) is 0 Å². The molecular formula is C23H38O2. The van der Waals surface area contributed by atoms with Crippen molar-refractivity contribution in [1.29, 1.82) is 0 Å². The van der Waals surface area contributed by atoms with Crippen molar-refractivity contribution in [2.45, 2.75) is 96.8 Å². The van der Waals surface area contributed by atoms with Crippen LogP contribution in [0.4, 0.5) is 0 Å². The lowest BCUT2D eigenvalue weighted by atomic mass is 10.0. The van der Waals surface area contributed by atoms with E-state index in [1.54, 1.807) is 6.07 Å². The molecule has 0 saturated heterocycles. The third-order valence-electron chi connectivity index (χ3n) is 4.81. The molecule has 142 valence electrons. The molecular weight excluding hydrogens is 308 g/mol. The molecule has 0 aliphatic carbocycles. The summed E-state index contributed by atoms with van der Waals surface area (Å²) in [7, 11) is 0. The maximum absolute atomic E-state index is 9.76. The molecule has 0 spiro atoms. The van der Waals surface area contributed by atoms with E-state index in [0.29, 0.717) is 0 Å². The Kier molecular flexibility index (Phi) is 12.8. The van der Waals surface area contributed by atoms with E-state index in [-0.39, 0.29) is 11.5 Å². The van der Waals surface area contributed by atoms with Gasteiger partial charge in [0.2, 0.25) is 0 Å². The monoisotopic (exact) mass is 346 g/mol. The van der Waals surface area contributed by atoms with Crippen molar-refractivity contribution < 1.29 is 10.2 Å². The van der Waals surface area contributed by atoms with E-state index in [2.05, 4.69) is 19.1 Å². The Morgan fingerprint density at radius 1 is 0.720 bits per heavy atom. The summed E-state index contributed by atoms with van der Waals surface area (Å²) in [6.45, 7) is 2.26. The zero-order valence-corrected chi connectivity index (χ0v) is 16.2. The fourth-order valence-corrected chi connectivity index (χ4v) is 3.17. The van der Waals surface area contributed by atoms with Crippen LogP contribution < -0.4 is 0 Å². The number of phenolic OH excluding ortho intramolecular Hbond substituents is 2. The Bertz CT molecular complexity index is 465. The quantitative estimate of drug-likeness (QED) is 0.199. The van der Waals surface area contributed by atoms with Crippen LogP contribution >= 0.6 is 0 Å². The van der Waals surface area contributed by atoms with Gasteiger partial charge in [0.1, 0.15) is 0 Å². The van der Waals surface area contributed by atoms with Gasteiger partial charge in [-0.3, -0.25) is 0 Å². The third-order valence-corrected chi connectivity index (χ3v) is 4.81. The number of hydrogen-bond donors (Lipinski definition) is 2. The first kappa shape index (κ1) is 21.6. The van der Waals surface area contributed by atoms with Gasteiger partial charge in [-0.1, -0.05) is 82.6 Å². The summed E-state index contributed by atoms with van der Waals surface area (Å²) in [5, 5.41) is 19.2. The molecule has 0 aliphatic rings. The average Bonchev–Trinajstić information content (AvgIpc) is 2.61. The van der Waals surface area contributed by atoms with Gasteiger partial charge in [0.05, 0.1) is 0 Å². The van der Waals surface area contributed by atoms with Gasteiger partial charge in [0, 0.05) is 0 Å². The fourth-order valence-electron chi connectivity index (χ4n) is 3.17.